The number of nitrogens with two attached hydrogens (primary N) is 2. The number of allylic oxidation sites excluding steroid dienone is 1. The van der Waals surface area contributed by atoms with Crippen LogP contribution in [0.4, 0.5) is 0 Å². The Morgan fingerprint density at radius 3 is 2.33 bits per heavy atom. The van der Waals surface area contributed by atoms with Crippen LogP contribution in [-0.2, 0) is 13.0 Å². The third-order valence-electron chi connectivity index (χ3n) is 5.02. The van der Waals surface area contributed by atoms with Gasteiger partial charge in [0.1, 0.15) is 0 Å². The van der Waals surface area contributed by atoms with Crippen molar-refractivity contribution in [2.75, 3.05) is 0 Å². The van der Waals surface area contributed by atoms with E-state index in [0.29, 0.717) is 34.3 Å². The minimum atomic E-state index is -0.0233. The number of nitrogens with zero attached hydrogens (tertiary/aromatic N) is 1. The molecule has 0 saturated carbocycles. The van der Waals surface area contributed by atoms with Crippen molar-refractivity contribution in [1.29, 1.82) is 0 Å². The predicted octanol–water partition coefficient (Wildman–Crippen LogP) is 4.98. The van der Waals surface area contributed by atoms with Crippen LogP contribution < -0.4 is 16.9 Å². The van der Waals surface area contributed by atoms with E-state index >= 15 is 0 Å². The third kappa shape index (κ3) is 4.96. The highest BCUT2D eigenvalue weighted by molar-refractivity contribution is 6.36. The van der Waals surface area contributed by atoms with Crippen LogP contribution in [0.5, 0.6) is 0 Å². The lowest BCUT2D eigenvalue weighted by Gasteiger charge is -2.14. The first-order valence-electron chi connectivity index (χ1n) is 9.47. The molecule has 6 heteroatoms. The molecule has 3 aromatic rings. The number of pyridine rings is 1. The van der Waals surface area contributed by atoms with E-state index in [4.69, 9.17) is 34.7 Å². The van der Waals surface area contributed by atoms with Gasteiger partial charge in [-0.3, -0.25) is 4.79 Å². The quantitative estimate of drug-likeness (QED) is 0.568. The average molecular weight is 440 g/mol. The van der Waals surface area contributed by atoms with Gasteiger partial charge in [-0.1, -0.05) is 65.7 Å². The summed E-state index contributed by atoms with van der Waals surface area (Å²) >= 11 is 12.6. The Kier molecular flexibility index (Phi) is 7.03. The fourth-order valence-electron chi connectivity index (χ4n) is 3.20. The van der Waals surface area contributed by atoms with Gasteiger partial charge in [0.25, 0.3) is 0 Å². The molecular weight excluding hydrogens is 417 g/mol. The van der Waals surface area contributed by atoms with Crippen LogP contribution in [0.3, 0.4) is 0 Å². The molecule has 0 aliphatic heterocycles. The molecule has 30 heavy (non-hydrogen) atoms. The Bertz CT molecular complexity index is 1140. The maximum absolute atomic E-state index is 12.5. The van der Waals surface area contributed by atoms with Crippen molar-refractivity contribution >= 4 is 35.0 Å². The normalized spacial score (nSPS) is 11.9. The summed E-state index contributed by atoms with van der Waals surface area (Å²) in [6.45, 7) is 2.56. The Morgan fingerprint density at radius 1 is 1.03 bits per heavy atom. The lowest BCUT2D eigenvalue weighted by molar-refractivity contribution is 0.763. The van der Waals surface area contributed by atoms with Crippen LogP contribution >= 0.6 is 23.2 Å². The molecule has 0 bridgehead atoms. The zero-order valence-electron chi connectivity index (χ0n) is 16.6. The van der Waals surface area contributed by atoms with Crippen LogP contribution in [0, 0.1) is 6.92 Å². The molecule has 4 nitrogen and oxygen atoms in total. The number of benzene rings is 2. The molecule has 0 spiro atoms. The van der Waals surface area contributed by atoms with Gasteiger partial charge in [-0.25, -0.2) is 0 Å². The first-order chi connectivity index (χ1) is 14.4. The number of halogens is 2. The third-order valence-corrected chi connectivity index (χ3v) is 5.73. The molecule has 0 amide bonds. The number of hydrogen-bond donors (Lipinski definition) is 2. The van der Waals surface area contributed by atoms with Gasteiger partial charge in [-0.2, -0.15) is 0 Å². The fraction of sp³-hybridized carbons (Fsp3) is 0.125. The lowest BCUT2D eigenvalue weighted by atomic mass is 10.0. The number of hydrogen-bond acceptors (Lipinski definition) is 3. The molecule has 0 saturated heterocycles. The summed E-state index contributed by atoms with van der Waals surface area (Å²) in [6.07, 6.45) is 7.65. The first-order valence-corrected chi connectivity index (χ1v) is 10.2. The van der Waals surface area contributed by atoms with E-state index in [1.165, 1.54) is 6.20 Å². The summed E-state index contributed by atoms with van der Waals surface area (Å²) in [5.74, 6) is 0. The van der Waals surface area contributed by atoms with Gasteiger partial charge in [0.05, 0.1) is 5.70 Å². The highest BCUT2D eigenvalue weighted by Crippen LogP contribution is 2.26. The molecule has 0 aliphatic rings. The molecule has 0 atom stereocenters. The van der Waals surface area contributed by atoms with Gasteiger partial charge in [0.15, 0.2) is 5.43 Å². The summed E-state index contributed by atoms with van der Waals surface area (Å²) in [5, 5.41) is 1.12. The number of rotatable bonds is 6. The van der Waals surface area contributed by atoms with Crippen molar-refractivity contribution in [3.05, 3.63) is 115 Å². The molecular formula is C24H23Cl2N3O. The van der Waals surface area contributed by atoms with E-state index in [1.807, 2.05) is 47.9 Å². The van der Waals surface area contributed by atoms with E-state index in [-0.39, 0.29) is 5.43 Å². The van der Waals surface area contributed by atoms with Crippen LogP contribution in [0.2, 0.25) is 10.0 Å². The molecule has 4 N–H and O–H groups in total. The first kappa shape index (κ1) is 21.8. The van der Waals surface area contributed by atoms with E-state index in [2.05, 4.69) is 0 Å². The zero-order valence-corrected chi connectivity index (χ0v) is 18.1. The zero-order chi connectivity index (χ0) is 21.7. The van der Waals surface area contributed by atoms with Crippen molar-refractivity contribution < 1.29 is 0 Å². The maximum Gasteiger partial charge on any atom is 0.185 e. The van der Waals surface area contributed by atoms with Gasteiger partial charge in [-0.15, -0.1) is 0 Å². The predicted molar refractivity (Wildman–Crippen MR) is 127 cm³/mol. The molecule has 0 radical (unpaired) electrons. The topological polar surface area (TPSA) is 74.0 Å². The summed E-state index contributed by atoms with van der Waals surface area (Å²) in [6, 6.07) is 14.7. The van der Waals surface area contributed by atoms with Gasteiger partial charge in [0, 0.05) is 52.7 Å². The molecule has 0 aliphatic carbocycles. The van der Waals surface area contributed by atoms with E-state index < -0.39 is 0 Å². The van der Waals surface area contributed by atoms with Crippen LogP contribution in [0.1, 0.15) is 27.9 Å². The van der Waals surface area contributed by atoms with Gasteiger partial charge in [-0.05, 0) is 35.7 Å². The average Bonchev–Trinajstić information content (AvgIpc) is 2.74. The summed E-state index contributed by atoms with van der Waals surface area (Å²) in [5.41, 5.74) is 16.0. The minimum Gasteiger partial charge on any atom is -0.403 e. The van der Waals surface area contributed by atoms with Crippen molar-refractivity contribution in [1.82, 2.24) is 4.57 Å². The van der Waals surface area contributed by atoms with E-state index in [1.54, 1.807) is 30.5 Å². The number of aromatic nitrogens is 1. The van der Waals surface area contributed by atoms with Crippen molar-refractivity contribution in [2.24, 2.45) is 11.5 Å². The smallest absolute Gasteiger partial charge is 0.185 e. The second-order valence-electron chi connectivity index (χ2n) is 6.92. The van der Waals surface area contributed by atoms with Gasteiger partial charge < -0.3 is 16.0 Å². The summed E-state index contributed by atoms with van der Waals surface area (Å²) in [4.78, 5) is 12.5. The summed E-state index contributed by atoms with van der Waals surface area (Å²) < 4.78 is 2.03. The van der Waals surface area contributed by atoms with Crippen LogP contribution in [0.15, 0.2) is 71.8 Å². The Morgan fingerprint density at radius 2 is 1.70 bits per heavy atom. The molecule has 0 fully saturated rings. The monoisotopic (exact) mass is 439 g/mol. The summed E-state index contributed by atoms with van der Waals surface area (Å²) in [7, 11) is 0. The van der Waals surface area contributed by atoms with Crippen molar-refractivity contribution in [2.45, 2.75) is 19.9 Å². The lowest BCUT2D eigenvalue weighted by Crippen LogP contribution is -2.17. The van der Waals surface area contributed by atoms with Gasteiger partial charge >= 0.3 is 0 Å². The Labute approximate surface area is 186 Å². The van der Waals surface area contributed by atoms with E-state index in [9.17, 15) is 4.79 Å². The second-order valence-corrected chi connectivity index (χ2v) is 7.73. The SMILES string of the molecule is Cc1c(Cc2c(Cl)cccc2Cl)c(=O)ccn1C/C=C/c1ccc(/C(N)=C/N)cc1. The maximum atomic E-state index is 12.5. The van der Waals surface area contributed by atoms with Crippen LogP contribution in [-0.4, -0.2) is 4.57 Å². The highest BCUT2D eigenvalue weighted by atomic mass is 35.5. The fourth-order valence-corrected chi connectivity index (χ4v) is 3.73. The molecule has 3 rings (SSSR count). The van der Waals surface area contributed by atoms with E-state index in [0.717, 1.165) is 22.4 Å². The van der Waals surface area contributed by atoms with Gasteiger partial charge in [0.2, 0.25) is 0 Å². The molecule has 1 heterocycles. The Balaban J connectivity index is 1.80. The van der Waals surface area contributed by atoms with Crippen molar-refractivity contribution in [3.63, 3.8) is 0 Å². The Hall–Kier alpha value is -2.95. The molecule has 154 valence electrons. The second kappa shape index (κ2) is 9.70. The largest absolute Gasteiger partial charge is 0.403 e. The standard InChI is InChI=1S/C24H23Cl2N3O/c1-16-19(14-20-21(25)5-2-6-22(20)26)24(30)11-13-29(16)12-3-4-17-7-9-18(10-8-17)23(28)15-27/h2-11,13,15H,12,14,27-28H2,1H3/b4-3+,23-15-. The minimum absolute atomic E-state index is 0.0233. The molecule has 1 aromatic heterocycles. The van der Waals surface area contributed by atoms with Crippen LogP contribution in [0.25, 0.3) is 11.8 Å². The van der Waals surface area contributed by atoms with Crippen molar-refractivity contribution in [3.8, 4) is 0 Å². The highest BCUT2D eigenvalue weighted by Gasteiger charge is 2.12. The molecule has 0 unspecified atom stereocenters. The molecule has 2 aromatic carbocycles.